The summed E-state index contributed by atoms with van der Waals surface area (Å²) in [4.78, 5) is 0.391. The van der Waals surface area contributed by atoms with E-state index in [1.54, 1.807) is 22.5 Å². The Hall–Kier alpha value is -0.390. The second kappa shape index (κ2) is 5.54. The molecule has 0 saturated heterocycles. The van der Waals surface area contributed by atoms with E-state index < -0.39 is 10.0 Å². The van der Waals surface area contributed by atoms with E-state index >= 15 is 0 Å². The van der Waals surface area contributed by atoms with Crippen molar-refractivity contribution in [2.45, 2.75) is 44.6 Å². The zero-order chi connectivity index (χ0) is 14.2. The fourth-order valence-electron chi connectivity index (χ4n) is 2.05. The largest absolute Gasteiger partial charge is 0.243 e. The summed E-state index contributed by atoms with van der Waals surface area (Å²) in [6.45, 7) is 6.43. The van der Waals surface area contributed by atoms with Crippen molar-refractivity contribution in [3.8, 4) is 0 Å². The standard InChI is InChI=1S/C14H20BrNO2S/c1-10(2)16(9-12-4-5-12)19(17,18)13-6-7-14(15)11(3)8-13/h6-8,10,12H,4-5,9H2,1-3H3. The minimum Gasteiger partial charge on any atom is -0.207 e. The van der Waals surface area contributed by atoms with Crippen molar-refractivity contribution in [3.05, 3.63) is 28.2 Å². The molecule has 0 heterocycles. The Balaban J connectivity index is 2.34. The summed E-state index contributed by atoms with van der Waals surface area (Å²) in [6.07, 6.45) is 2.30. The first-order chi connectivity index (χ1) is 8.82. The average Bonchev–Trinajstić information content (AvgIpc) is 3.12. The van der Waals surface area contributed by atoms with Crippen LogP contribution in [0.15, 0.2) is 27.6 Å². The molecule has 0 spiro atoms. The van der Waals surface area contributed by atoms with E-state index in [1.165, 1.54) is 0 Å². The predicted molar refractivity (Wildman–Crippen MR) is 80.6 cm³/mol. The lowest BCUT2D eigenvalue weighted by atomic mass is 10.2. The highest BCUT2D eigenvalue weighted by atomic mass is 79.9. The Labute approximate surface area is 124 Å². The molecular formula is C14H20BrNO2S. The molecule has 0 radical (unpaired) electrons. The maximum Gasteiger partial charge on any atom is 0.243 e. The lowest BCUT2D eigenvalue weighted by Crippen LogP contribution is -2.38. The first-order valence-electron chi connectivity index (χ1n) is 6.60. The van der Waals surface area contributed by atoms with Gasteiger partial charge in [-0.1, -0.05) is 15.9 Å². The zero-order valence-corrected chi connectivity index (χ0v) is 14.0. The zero-order valence-electron chi connectivity index (χ0n) is 11.6. The second-order valence-corrected chi connectivity index (χ2v) is 8.27. The van der Waals surface area contributed by atoms with Crippen LogP contribution in [-0.2, 0) is 10.0 Å². The quantitative estimate of drug-likeness (QED) is 0.817. The fraction of sp³-hybridized carbons (Fsp3) is 0.571. The van der Waals surface area contributed by atoms with Crippen LogP contribution in [-0.4, -0.2) is 25.3 Å². The topological polar surface area (TPSA) is 37.4 Å². The number of halogens is 1. The normalized spacial score (nSPS) is 16.3. The van der Waals surface area contributed by atoms with Crippen molar-refractivity contribution < 1.29 is 8.42 Å². The Bertz CT molecular complexity index is 565. The molecule has 0 bridgehead atoms. The van der Waals surface area contributed by atoms with Gasteiger partial charge < -0.3 is 0 Å². The van der Waals surface area contributed by atoms with Crippen molar-refractivity contribution in [1.29, 1.82) is 0 Å². The predicted octanol–water partition coefficient (Wildman–Crippen LogP) is 3.57. The molecule has 0 amide bonds. The highest BCUT2D eigenvalue weighted by Crippen LogP contribution is 2.33. The van der Waals surface area contributed by atoms with E-state index in [-0.39, 0.29) is 6.04 Å². The molecule has 0 aliphatic heterocycles. The highest BCUT2D eigenvalue weighted by molar-refractivity contribution is 9.10. The fourth-order valence-corrected chi connectivity index (χ4v) is 4.10. The summed E-state index contributed by atoms with van der Waals surface area (Å²) in [5.74, 6) is 0.550. The van der Waals surface area contributed by atoms with Gasteiger partial charge in [0.05, 0.1) is 4.90 Å². The smallest absolute Gasteiger partial charge is 0.207 e. The SMILES string of the molecule is Cc1cc(S(=O)(=O)N(CC2CC2)C(C)C)ccc1Br. The third-order valence-corrected chi connectivity index (χ3v) is 6.37. The Morgan fingerprint density at radius 1 is 1.37 bits per heavy atom. The van der Waals surface area contributed by atoms with E-state index in [1.807, 2.05) is 20.8 Å². The molecule has 3 nitrogen and oxygen atoms in total. The summed E-state index contributed by atoms with van der Waals surface area (Å²) in [7, 11) is -3.38. The first kappa shape index (κ1) is 15.0. The van der Waals surface area contributed by atoms with Crippen LogP contribution >= 0.6 is 15.9 Å². The van der Waals surface area contributed by atoms with Gasteiger partial charge in [-0.25, -0.2) is 8.42 Å². The number of sulfonamides is 1. The lowest BCUT2D eigenvalue weighted by Gasteiger charge is -2.26. The average molecular weight is 346 g/mol. The number of hydrogen-bond donors (Lipinski definition) is 0. The van der Waals surface area contributed by atoms with Crippen LogP contribution in [0.25, 0.3) is 0 Å². The molecule has 1 saturated carbocycles. The molecule has 106 valence electrons. The van der Waals surface area contributed by atoms with Gasteiger partial charge in [-0.3, -0.25) is 0 Å². The van der Waals surface area contributed by atoms with Crippen LogP contribution in [0.3, 0.4) is 0 Å². The summed E-state index contributed by atoms with van der Waals surface area (Å²) < 4.78 is 28.0. The molecule has 2 rings (SSSR count). The molecule has 1 aromatic rings. The first-order valence-corrected chi connectivity index (χ1v) is 8.83. The van der Waals surface area contributed by atoms with E-state index in [2.05, 4.69) is 15.9 Å². The molecule has 1 aliphatic rings. The maximum atomic E-state index is 12.7. The van der Waals surface area contributed by atoms with E-state index in [9.17, 15) is 8.42 Å². The van der Waals surface area contributed by atoms with Gasteiger partial charge in [0.2, 0.25) is 10.0 Å². The Kier molecular flexibility index (Phi) is 4.38. The molecule has 0 aromatic heterocycles. The summed E-state index contributed by atoms with van der Waals surface area (Å²) in [6, 6.07) is 5.21. The van der Waals surface area contributed by atoms with Crippen molar-refractivity contribution in [3.63, 3.8) is 0 Å². The molecular weight excluding hydrogens is 326 g/mol. The molecule has 0 atom stereocenters. The van der Waals surface area contributed by atoms with Crippen LogP contribution < -0.4 is 0 Å². The van der Waals surface area contributed by atoms with Gasteiger partial charge in [-0.05, 0) is 63.3 Å². The minimum atomic E-state index is -3.38. The van der Waals surface area contributed by atoms with Crippen molar-refractivity contribution in [2.24, 2.45) is 5.92 Å². The number of hydrogen-bond acceptors (Lipinski definition) is 2. The van der Waals surface area contributed by atoms with Gasteiger partial charge in [0, 0.05) is 17.1 Å². The van der Waals surface area contributed by atoms with Crippen LogP contribution in [0.5, 0.6) is 0 Å². The van der Waals surface area contributed by atoms with E-state index in [4.69, 9.17) is 0 Å². The van der Waals surface area contributed by atoms with Gasteiger partial charge in [0.25, 0.3) is 0 Å². The molecule has 1 fully saturated rings. The van der Waals surface area contributed by atoms with Crippen molar-refractivity contribution in [1.82, 2.24) is 4.31 Å². The third kappa shape index (κ3) is 3.38. The minimum absolute atomic E-state index is 0.00504. The van der Waals surface area contributed by atoms with Crippen LogP contribution in [0.1, 0.15) is 32.3 Å². The molecule has 1 aromatic carbocycles. The third-order valence-electron chi connectivity index (χ3n) is 3.45. The van der Waals surface area contributed by atoms with Crippen LogP contribution in [0, 0.1) is 12.8 Å². The van der Waals surface area contributed by atoms with E-state index in [0.29, 0.717) is 17.4 Å². The van der Waals surface area contributed by atoms with Gasteiger partial charge in [0.1, 0.15) is 0 Å². The Morgan fingerprint density at radius 2 is 2.00 bits per heavy atom. The van der Waals surface area contributed by atoms with Gasteiger partial charge in [0.15, 0.2) is 0 Å². The van der Waals surface area contributed by atoms with Crippen LogP contribution in [0.4, 0.5) is 0 Å². The van der Waals surface area contributed by atoms with Crippen LogP contribution in [0.2, 0.25) is 0 Å². The summed E-state index contributed by atoms with van der Waals surface area (Å²) >= 11 is 3.40. The van der Waals surface area contributed by atoms with Gasteiger partial charge in [-0.2, -0.15) is 4.31 Å². The second-order valence-electron chi connectivity index (χ2n) is 5.52. The number of benzene rings is 1. The highest BCUT2D eigenvalue weighted by Gasteiger charge is 2.33. The lowest BCUT2D eigenvalue weighted by molar-refractivity contribution is 0.341. The number of rotatable bonds is 5. The van der Waals surface area contributed by atoms with Gasteiger partial charge >= 0.3 is 0 Å². The molecule has 1 aliphatic carbocycles. The van der Waals surface area contributed by atoms with E-state index in [0.717, 1.165) is 22.9 Å². The Morgan fingerprint density at radius 3 is 2.47 bits per heavy atom. The molecule has 0 N–H and O–H groups in total. The number of nitrogens with zero attached hydrogens (tertiary/aromatic N) is 1. The monoisotopic (exact) mass is 345 g/mol. The molecule has 5 heteroatoms. The van der Waals surface area contributed by atoms with Crippen molar-refractivity contribution >= 4 is 26.0 Å². The number of aryl methyl sites for hydroxylation is 1. The molecule has 19 heavy (non-hydrogen) atoms. The maximum absolute atomic E-state index is 12.7. The molecule has 0 unspecified atom stereocenters. The summed E-state index contributed by atoms with van der Waals surface area (Å²) in [5, 5.41) is 0. The van der Waals surface area contributed by atoms with Crippen molar-refractivity contribution in [2.75, 3.05) is 6.54 Å². The summed E-state index contributed by atoms with van der Waals surface area (Å²) in [5.41, 5.74) is 0.941. The van der Waals surface area contributed by atoms with Gasteiger partial charge in [-0.15, -0.1) is 0 Å².